The molecule has 0 spiro atoms. The summed E-state index contributed by atoms with van der Waals surface area (Å²) in [6.07, 6.45) is 0.291. The van der Waals surface area contributed by atoms with Crippen molar-refractivity contribution >= 4 is 27.5 Å². The number of hydrogen-bond acceptors (Lipinski definition) is 5. The Balaban J connectivity index is 2.05. The number of benzene rings is 3. The van der Waals surface area contributed by atoms with E-state index in [9.17, 15) is 22.4 Å². The lowest BCUT2D eigenvalue weighted by Crippen LogP contribution is -2.53. The van der Waals surface area contributed by atoms with E-state index >= 15 is 0 Å². The smallest absolute Gasteiger partial charge is 0.264 e. The number of nitrogens with one attached hydrogen (secondary N) is 1. The van der Waals surface area contributed by atoms with Crippen molar-refractivity contribution in [2.24, 2.45) is 0 Å². The molecular weight excluding hydrogens is 521 g/mol. The van der Waals surface area contributed by atoms with Gasteiger partial charge in [-0.05, 0) is 74.4 Å². The molecule has 0 saturated carbocycles. The Morgan fingerprint density at radius 2 is 1.56 bits per heavy atom. The van der Waals surface area contributed by atoms with Crippen LogP contribution < -0.4 is 14.4 Å². The third-order valence-corrected chi connectivity index (χ3v) is 7.84. The second-order valence-corrected chi connectivity index (χ2v) is 11.1. The van der Waals surface area contributed by atoms with Crippen LogP contribution in [0.5, 0.6) is 5.75 Å². The molecule has 0 aliphatic heterocycles. The van der Waals surface area contributed by atoms with Crippen molar-refractivity contribution in [2.75, 3.05) is 18.0 Å². The van der Waals surface area contributed by atoms with E-state index in [1.54, 1.807) is 49.4 Å². The van der Waals surface area contributed by atoms with Gasteiger partial charge in [0, 0.05) is 12.6 Å². The molecule has 3 rings (SSSR count). The minimum atomic E-state index is -4.16. The molecule has 10 heteroatoms. The first-order valence-corrected chi connectivity index (χ1v) is 14.1. The molecule has 3 aromatic rings. The van der Waals surface area contributed by atoms with Gasteiger partial charge in [-0.25, -0.2) is 12.8 Å². The van der Waals surface area contributed by atoms with Gasteiger partial charge in [0.1, 0.15) is 24.2 Å². The molecule has 0 aromatic heterocycles. The van der Waals surface area contributed by atoms with E-state index in [-0.39, 0.29) is 29.1 Å². The maximum atomic E-state index is 13.9. The van der Waals surface area contributed by atoms with Crippen molar-refractivity contribution in [3.63, 3.8) is 0 Å². The molecule has 0 radical (unpaired) electrons. The number of rotatable bonds is 12. The molecular formula is C29H34FN3O5S. The number of carbonyl (C=O) groups excluding carboxylic acids is 2. The molecule has 1 unspecified atom stereocenters. The molecule has 0 aliphatic carbocycles. The van der Waals surface area contributed by atoms with Crippen LogP contribution >= 0.6 is 0 Å². The van der Waals surface area contributed by atoms with Crippen LogP contribution in [0.25, 0.3) is 0 Å². The zero-order valence-corrected chi connectivity index (χ0v) is 23.3. The van der Waals surface area contributed by atoms with Crippen molar-refractivity contribution in [3.8, 4) is 5.75 Å². The lowest BCUT2D eigenvalue weighted by molar-refractivity contribution is -0.140. The summed E-state index contributed by atoms with van der Waals surface area (Å²) in [5.41, 5.74) is 0.858. The molecule has 0 bridgehead atoms. The van der Waals surface area contributed by atoms with Crippen molar-refractivity contribution < 1.29 is 27.1 Å². The Morgan fingerprint density at radius 3 is 2.10 bits per heavy atom. The highest BCUT2D eigenvalue weighted by atomic mass is 32.2. The van der Waals surface area contributed by atoms with Gasteiger partial charge in [-0.15, -0.1) is 0 Å². The number of nitrogens with zero attached hydrogens (tertiary/aromatic N) is 2. The molecule has 1 N–H and O–H groups in total. The summed E-state index contributed by atoms with van der Waals surface area (Å²) in [6, 6.07) is 18.7. The molecule has 0 saturated heterocycles. The third-order valence-electron chi connectivity index (χ3n) is 6.05. The summed E-state index contributed by atoms with van der Waals surface area (Å²) in [4.78, 5) is 28.4. The van der Waals surface area contributed by atoms with Gasteiger partial charge in [-0.1, -0.05) is 37.3 Å². The van der Waals surface area contributed by atoms with Gasteiger partial charge in [-0.3, -0.25) is 13.9 Å². The largest absolute Gasteiger partial charge is 0.497 e. The standard InChI is InChI=1S/C29H34FN3O5S/c1-5-27(29(35)31-21(2)3)32(19-22-11-13-23(30)14-12-22)28(34)20-33(24-15-17-25(38-4)18-16-24)39(36,37)26-9-7-6-8-10-26/h6-18,21,27H,5,19-20H2,1-4H3,(H,31,35). The molecule has 39 heavy (non-hydrogen) atoms. The van der Waals surface area contributed by atoms with Crippen molar-refractivity contribution in [3.05, 3.63) is 90.2 Å². The Kier molecular flexibility index (Phi) is 10.1. The van der Waals surface area contributed by atoms with E-state index in [2.05, 4.69) is 5.32 Å². The molecule has 8 nitrogen and oxygen atoms in total. The molecule has 2 amide bonds. The van der Waals surface area contributed by atoms with Gasteiger partial charge in [0.05, 0.1) is 17.7 Å². The first kappa shape index (κ1) is 29.6. The number of anilines is 1. The quantitative estimate of drug-likeness (QED) is 0.358. The fraction of sp³-hybridized carbons (Fsp3) is 0.310. The molecule has 3 aromatic carbocycles. The van der Waals surface area contributed by atoms with Gasteiger partial charge < -0.3 is 15.0 Å². The number of halogens is 1. The number of carbonyl (C=O) groups is 2. The molecule has 1 atom stereocenters. The second-order valence-electron chi connectivity index (χ2n) is 9.26. The maximum Gasteiger partial charge on any atom is 0.264 e. The number of sulfonamides is 1. The average molecular weight is 556 g/mol. The van der Waals surface area contributed by atoms with E-state index in [4.69, 9.17) is 4.74 Å². The first-order chi connectivity index (χ1) is 18.6. The number of hydrogen-bond donors (Lipinski definition) is 1. The summed E-state index contributed by atoms with van der Waals surface area (Å²) in [6.45, 7) is 4.84. The van der Waals surface area contributed by atoms with Crippen LogP contribution in [0.1, 0.15) is 32.8 Å². The Hall–Kier alpha value is -3.92. The predicted molar refractivity (Wildman–Crippen MR) is 148 cm³/mol. The van der Waals surface area contributed by atoms with Gasteiger partial charge in [0.15, 0.2) is 0 Å². The first-order valence-electron chi connectivity index (χ1n) is 12.6. The normalized spacial score (nSPS) is 12.1. The third kappa shape index (κ3) is 7.57. The monoisotopic (exact) mass is 555 g/mol. The van der Waals surface area contributed by atoms with Crippen LogP contribution in [-0.4, -0.2) is 50.9 Å². The summed E-state index contributed by atoms with van der Waals surface area (Å²) >= 11 is 0. The van der Waals surface area contributed by atoms with Gasteiger partial charge in [0.25, 0.3) is 10.0 Å². The van der Waals surface area contributed by atoms with Crippen LogP contribution in [0.4, 0.5) is 10.1 Å². The maximum absolute atomic E-state index is 13.9. The van der Waals surface area contributed by atoms with Gasteiger partial charge >= 0.3 is 0 Å². The second kappa shape index (κ2) is 13.2. The predicted octanol–water partition coefficient (Wildman–Crippen LogP) is 4.36. The molecule has 0 heterocycles. The SMILES string of the molecule is CCC(C(=O)NC(C)C)N(Cc1ccc(F)cc1)C(=O)CN(c1ccc(OC)cc1)S(=O)(=O)c1ccccc1. The molecule has 0 aliphatic rings. The highest BCUT2D eigenvalue weighted by Gasteiger charge is 2.33. The van der Waals surface area contributed by atoms with E-state index in [1.807, 2.05) is 13.8 Å². The van der Waals surface area contributed by atoms with Crippen LogP contribution in [0.3, 0.4) is 0 Å². The van der Waals surface area contributed by atoms with E-state index in [0.29, 0.717) is 17.7 Å². The summed E-state index contributed by atoms with van der Waals surface area (Å²) in [7, 11) is -2.66. The summed E-state index contributed by atoms with van der Waals surface area (Å²) < 4.78 is 47.3. The lowest BCUT2D eigenvalue weighted by Gasteiger charge is -2.33. The van der Waals surface area contributed by atoms with Gasteiger partial charge in [0.2, 0.25) is 11.8 Å². The number of ether oxygens (including phenoxy) is 1. The summed E-state index contributed by atoms with van der Waals surface area (Å²) in [5, 5.41) is 2.84. The number of amides is 2. The van der Waals surface area contributed by atoms with Crippen molar-refractivity contribution in [1.29, 1.82) is 0 Å². The minimum Gasteiger partial charge on any atom is -0.497 e. The van der Waals surface area contributed by atoms with Crippen molar-refractivity contribution in [2.45, 2.75) is 50.7 Å². The fourth-order valence-corrected chi connectivity index (χ4v) is 5.52. The van der Waals surface area contributed by atoms with E-state index in [1.165, 1.54) is 48.4 Å². The minimum absolute atomic E-state index is 0.00896. The Morgan fingerprint density at radius 1 is 0.949 bits per heavy atom. The molecule has 208 valence electrons. The Labute approximate surface area is 229 Å². The lowest BCUT2D eigenvalue weighted by atomic mass is 10.1. The fourth-order valence-electron chi connectivity index (χ4n) is 4.08. The highest BCUT2D eigenvalue weighted by molar-refractivity contribution is 7.92. The molecule has 0 fully saturated rings. The van der Waals surface area contributed by atoms with Gasteiger partial charge in [-0.2, -0.15) is 0 Å². The average Bonchev–Trinajstić information content (AvgIpc) is 2.92. The zero-order valence-electron chi connectivity index (χ0n) is 22.5. The number of methoxy groups -OCH3 is 1. The topological polar surface area (TPSA) is 96.0 Å². The summed E-state index contributed by atoms with van der Waals surface area (Å²) in [5.74, 6) is -0.845. The van der Waals surface area contributed by atoms with Crippen LogP contribution in [0.2, 0.25) is 0 Å². The Bertz CT molecular complexity index is 1350. The van der Waals surface area contributed by atoms with E-state index < -0.39 is 34.3 Å². The van der Waals surface area contributed by atoms with Crippen LogP contribution in [-0.2, 0) is 26.2 Å². The zero-order chi connectivity index (χ0) is 28.6. The van der Waals surface area contributed by atoms with Crippen molar-refractivity contribution in [1.82, 2.24) is 10.2 Å². The van der Waals surface area contributed by atoms with E-state index in [0.717, 1.165) is 4.31 Å². The van der Waals surface area contributed by atoms with Crippen LogP contribution in [0.15, 0.2) is 83.8 Å². The highest BCUT2D eigenvalue weighted by Crippen LogP contribution is 2.26. The van der Waals surface area contributed by atoms with Crippen LogP contribution in [0, 0.1) is 5.82 Å².